The molecular weight excluding hydrogens is 440 g/mol. The lowest BCUT2D eigenvalue weighted by Gasteiger charge is -2.43. The maximum absolute atomic E-state index is 13.4. The summed E-state index contributed by atoms with van der Waals surface area (Å²) in [6, 6.07) is 10.1. The number of rotatable bonds is 7. The van der Waals surface area contributed by atoms with Crippen molar-refractivity contribution in [2.24, 2.45) is 5.92 Å². The van der Waals surface area contributed by atoms with E-state index in [1.54, 1.807) is 0 Å². The molecule has 1 aliphatic carbocycles. The van der Waals surface area contributed by atoms with E-state index in [2.05, 4.69) is 35.1 Å². The molecule has 2 saturated heterocycles. The highest BCUT2D eigenvalue weighted by Crippen LogP contribution is 2.34. The van der Waals surface area contributed by atoms with Gasteiger partial charge in [0.15, 0.2) is 0 Å². The van der Waals surface area contributed by atoms with Crippen LogP contribution in [0.2, 0.25) is 0 Å². The summed E-state index contributed by atoms with van der Waals surface area (Å²) in [5.41, 5.74) is 1.40. The number of hydrogen-bond acceptors (Lipinski definition) is 5. The molecule has 184 valence electrons. The van der Waals surface area contributed by atoms with Gasteiger partial charge in [-0.15, -0.1) is 0 Å². The van der Waals surface area contributed by atoms with Crippen molar-refractivity contribution in [2.45, 2.75) is 75.5 Å². The molecule has 0 bridgehead atoms. The fraction of sp³-hybridized carbons (Fsp3) is 0.720. The fourth-order valence-electron chi connectivity index (χ4n) is 5.65. The zero-order valence-corrected chi connectivity index (χ0v) is 20.5. The van der Waals surface area contributed by atoms with E-state index in [4.69, 9.17) is 9.47 Å². The van der Waals surface area contributed by atoms with Crippen LogP contribution in [0.25, 0.3) is 0 Å². The van der Waals surface area contributed by atoms with Gasteiger partial charge in [0, 0.05) is 31.7 Å². The van der Waals surface area contributed by atoms with Gasteiger partial charge in [-0.3, -0.25) is 4.79 Å². The van der Waals surface area contributed by atoms with Crippen molar-refractivity contribution in [2.75, 3.05) is 32.6 Å². The van der Waals surface area contributed by atoms with Gasteiger partial charge in [0.2, 0.25) is 15.9 Å². The van der Waals surface area contributed by atoms with Gasteiger partial charge in [-0.1, -0.05) is 30.3 Å². The molecule has 1 N–H and O–H groups in total. The summed E-state index contributed by atoms with van der Waals surface area (Å²) in [5, 5.41) is 0. The number of benzene rings is 1. The Bertz CT molecular complexity index is 864. The summed E-state index contributed by atoms with van der Waals surface area (Å²) in [6.45, 7) is 2.26. The molecule has 1 aromatic carbocycles. The minimum Gasteiger partial charge on any atom is -0.381 e. The molecule has 0 radical (unpaired) electrons. The molecule has 0 spiro atoms. The van der Waals surface area contributed by atoms with Crippen molar-refractivity contribution < 1.29 is 22.7 Å². The van der Waals surface area contributed by atoms with Gasteiger partial charge in [0.05, 0.1) is 25.0 Å². The van der Waals surface area contributed by atoms with Crippen molar-refractivity contribution in [1.29, 1.82) is 0 Å². The standard InChI is InChI=1S/C25H38N2O5S/c1-33(29,30)26-23-8-5-15-27(25(28)21-13-16-31-17-14-21)24(23)18-32-22-11-9-20(10-12-22)19-6-3-2-4-7-19/h2-4,6-7,20-24,26H,5,8-18H2,1H3/t20?,22?,23-,24-/m0/s1. The maximum atomic E-state index is 13.4. The van der Waals surface area contributed by atoms with E-state index < -0.39 is 10.0 Å². The highest BCUT2D eigenvalue weighted by molar-refractivity contribution is 7.88. The lowest BCUT2D eigenvalue weighted by Crippen LogP contribution is -2.60. The molecule has 3 fully saturated rings. The zero-order valence-electron chi connectivity index (χ0n) is 19.7. The van der Waals surface area contributed by atoms with Crippen molar-refractivity contribution in [3.05, 3.63) is 35.9 Å². The number of likely N-dealkylation sites (tertiary alicyclic amines) is 1. The molecule has 33 heavy (non-hydrogen) atoms. The van der Waals surface area contributed by atoms with Gasteiger partial charge in [-0.2, -0.15) is 0 Å². The van der Waals surface area contributed by atoms with E-state index in [1.165, 1.54) is 11.8 Å². The molecule has 4 rings (SSSR count). The lowest BCUT2D eigenvalue weighted by molar-refractivity contribution is -0.145. The first-order chi connectivity index (χ1) is 15.9. The molecule has 1 saturated carbocycles. The third-order valence-corrected chi connectivity index (χ3v) is 8.18. The summed E-state index contributed by atoms with van der Waals surface area (Å²) >= 11 is 0. The van der Waals surface area contributed by atoms with E-state index in [9.17, 15) is 13.2 Å². The minimum atomic E-state index is -3.38. The Morgan fingerprint density at radius 1 is 1.06 bits per heavy atom. The van der Waals surface area contributed by atoms with Crippen LogP contribution in [-0.2, 0) is 24.3 Å². The van der Waals surface area contributed by atoms with Gasteiger partial charge in [0.1, 0.15) is 0 Å². The monoisotopic (exact) mass is 478 g/mol. The Morgan fingerprint density at radius 2 is 1.76 bits per heavy atom. The summed E-state index contributed by atoms with van der Waals surface area (Å²) in [4.78, 5) is 15.3. The van der Waals surface area contributed by atoms with Crippen LogP contribution in [0.3, 0.4) is 0 Å². The van der Waals surface area contributed by atoms with Crippen LogP contribution in [0.4, 0.5) is 0 Å². The second kappa shape index (κ2) is 11.3. The number of amides is 1. The number of carbonyl (C=O) groups excluding carboxylic acids is 1. The van der Waals surface area contributed by atoms with Crippen LogP contribution in [-0.4, -0.2) is 70.0 Å². The number of hydrogen-bond donors (Lipinski definition) is 1. The smallest absolute Gasteiger partial charge is 0.226 e. The lowest BCUT2D eigenvalue weighted by atomic mass is 9.83. The van der Waals surface area contributed by atoms with Crippen LogP contribution in [0.1, 0.15) is 62.8 Å². The molecule has 2 heterocycles. The molecule has 2 atom stereocenters. The minimum absolute atomic E-state index is 0.0421. The Balaban J connectivity index is 1.39. The van der Waals surface area contributed by atoms with Crippen LogP contribution < -0.4 is 4.72 Å². The van der Waals surface area contributed by atoms with Crippen molar-refractivity contribution >= 4 is 15.9 Å². The first kappa shape index (κ1) is 24.6. The van der Waals surface area contributed by atoms with Gasteiger partial charge in [-0.25, -0.2) is 13.1 Å². The van der Waals surface area contributed by atoms with Crippen LogP contribution in [0.5, 0.6) is 0 Å². The van der Waals surface area contributed by atoms with E-state index >= 15 is 0 Å². The molecule has 0 unspecified atom stereocenters. The summed E-state index contributed by atoms with van der Waals surface area (Å²) in [5.74, 6) is 0.659. The van der Waals surface area contributed by atoms with Gasteiger partial charge < -0.3 is 14.4 Å². The average Bonchev–Trinajstić information content (AvgIpc) is 2.83. The molecular formula is C25H38N2O5S. The number of nitrogens with one attached hydrogen (secondary N) is 1. The van der Waals surface area contributed by atoms with Crippen molar-refractivity contribution in [3.63, 3.8) is 0 Å². The predicted molar refractivity (Wildman–Crippen MR) is 127 cm³/mol. The predicted octanol–water partition coefficient (Wildman–Crippen LogP) is 3.06. The number of piperidine rings is 1. The Labute approximate surface area is 198 Å². The number of ether oxygens (including phenoxy) is 2. The molecule has 8 heteroatoms. The topological polar surface area (TPSA) is 84.9 Å². The number of carbonyl (C=O) groups is 1. The molecule has 1 aromatic rings. The first-order valence-electron chi connectivity index (χ1n) is 12.4. The molecule has 3 aliphatic rings. The van der Waals surface area contributed by atoms with E-state index in [-0.39, 0.29) is 30.0 Å². The first-order valence-corrected chi connectivity index (χ1v) is 14.3. The zero-order chi connectivity index (χ0) is 23.3. The van der Waals surface area contributed by atoms with E-state index in [0.29, 0.717) is 32.3 Å². The SMILES string of the molecule is CS(=O)(=O)N[C@H]1CCCN(C(=O)C2CCOCC2)[C@H]1COC1CCC(c2ccccc2)CC1. The highest BCUT2D eigenvalue weighted by atomic mass is 32.2. The Kier molecular flexibility index (Phi) is 8.43. The Morgan fingerprint density at radius 3 is 2.42 bits per heavy atom. The molecule has 1 amide bonds. The van der Waals surface area contributed by atoms with E-state index in [1.807, 2.05) is 4.90 Å². The van der Waals surface area contributed by atoms with E-state index in [0.717, 1.165) is 51.4 Å². The second-order valence-corrected chi connectivity index (χ2v) is 11.6. The third-order valence-electron chi connectivity index (χ3n) is 7.45. The number of sulfonamides is 1. The van der Waals surface area contributed by atoms with Crippen LogP contribution >= 0.6 is 0 Å². The molecule has 2 aliphatic heterocycles. The molecule has 0 aromatic heterocycles. The van der Waals surface area contributed by atoms with Gasteiger partial charge in [-0.05, 0) is 62.8 Å². The van der Waals surface area contributed by atoms with Crippen LogP contribution in [0.15, 0.2) is 30.3 Å². The third kappa shape index (κ3) is 6.78. The van der Waals surface area contributed by atoms with Gasteiger partial charge >= 0.3 is 0 Å². The Hall–Kier alpha value is -1.48. The normalized spacial score (nSPS) is 29.7. The van der Waals surface area contributed by atoms with Gasteiger partial charge in [0.25, 0.3) is 0 Å². The van der Waals surface area contributed by atoms with Crippen molar-refractivity contribution in [3.8, 4) is 0 Å². The fourth-order valence-corrected chi connectivity index (χ4v) is 6.48. The quantitative estimate of drug-likeness (QED) is 0.651. The maximum Gasteiger partial charge on any atom is 0.226 e. The average molecular weight is 479 g/mol. The van der Waals surface area contributed by atoms with Crippen LogP contribution in [0, 0.1) is 5.92 Å². The number of nitrogens with zero attached hydrogens (tertiary/aromatic N) is 1. The summed E-state index contributed by atoms with van der Waals surface area (Å²) in [7, 11) is -3.38. The summed E-state index contributed by atoms with van der Waals surface area (Å²) in [6.07, 6.45) is 8.49. The van der Waals surface area contributed by atoms with Crippen molar-refractivity contribution in [1.82, 2.24) is 9.62 Å². The highest BCUT2D eigenvalue weighted by Gasteiger charge is 2.39. The second-order valence-electron chi connectivity index (χ2n) is 9.84. The summed E-state index contributed by atoms with van der Waals surface area (Å²) < 4.78 is 38.6. The molecule has 7 nitrogen and oxygen atoms in total. The largest absolute Gasteiger partial charge is 0.381 e.